The van der Waals surface area contributed by atoms with E-state index in [1.165, 1.54) is 24.3 Å². The van der Waals surface area contributed by atoms with E-state index in [9.17, 15) is 17.6 Å². The molecule has 0 aromatic heterocycles. The summed E-state index contributed by atoms with van der Waals surface area (Å²) in [7, 11) is -3.52. The first-order valence-electron chi connectivity index (χ1n) is 6.84. The molecule has 21 heavy (non-hydrogen) atoms. The predicted molar refractivity (Wildman–Crippen MR) is 81.1 cm³/mol. The van der Waals surface area contributed by atoms with E-state index in [1.54, 1.807) is 0 Å². The van der Waals surface area contributed by atoms with Crippen LogP contribution in [0.3, 0.4) is 0 Å². The quantitative estimate of drug-likeness (QED) is 0.745. The molecule has 1 aromatic carbocycles. The lowest BCUT2D eigenvalue weighted by atomic mass is 10.3. The molecule has 1 N–H and O–H groups in total. The summed E-state index contributed by atoms with van der Waals surface area (Å²) < 4.78 is 37.6. The van der Waals surface area contributed by atoms with E-state index in [2.05, 4.69) is 5.32 Å². The number of nitrogens with one attached hydrogen (secondary N) is 1. The molecule has 1 aromatic rings. The van der Waals surface area contributed by atoms with E-state index in [-0.39, 0.29) is 18.9 Å². The molecular formula is C14H21FN2O3S. The summed E-state index contributed by atoms with van der Waals surface area (Å²) in [5.74, 6) is -0.635. The van der Waals surface area contributed by atoms with Gasteiger partial charge in [0.15, 0.2) is 0 Å². The molecule has 7 heteroatoms. The molecule has 0 aliphatic rings. The summed E-state index contributed by atoms with van der Waals surface area (Å²) in [6, 6.07) is 5.14. The third kappa shape index (κ3) is 6.12. The maximum Gasteiger partial charge on any atom is 0.232 e. The van der Waals surface area contributed by atoms with Gasteiger partial charge in [-0.3, -0.25) is 9.10 Å². The van der Waals surface area contributed by atoms with Crippen LogP contribution in [0.4, 0.5) is 10.1 Å². The Bertz CT molecular complexity index is 558. The summed E-state index contributed by atoms with van der Waals surface area (Å²) in [5, 5.41) is 2.73. The van der Waals surface area contributed by atoms with E-state index < -0.39 is 15.8 Å². The fourth-order valence-electron chi connectivity index (χ4n) is 1.79. The molecule has 0 spiro atoms. The molecule has 1 amide bonds. The van der Waals surface area contributed by atoms with Crippen LogP contribution in [0.15, 0.2) is 24.3 Å². The molecule has 0 bridgehead atoms. The zero-order chi connectivity index (χ0) is 15.9. The number of unbranched alkanes of at least 4 members (excludes halogenated alkanes) is 1. The number of halogens is 1. The minimum atomic E-state index is -3.52. The molecule has 0 aliphatic heterocycles. The van der Waals surface area contributed by atoms with Crippen molar-refractivity contribution in [3.05, 3.63) is 30.1 Å². The lowest BCUT2D eigenvalue weighted by molar-refractivity contribution is -0.120. The van der Waals surface area contributed by atoms with Crippen LogP contribution in [-0.4, -0.2) is 33.7 Å². The van der Waals surface area contributed by atoms with Gasteiger partial charge < -0.3 is 5.32 Å². The molecule has 0 fully saturated rings. The molecule has 118 valence electrons. The standard InChI is InChI=1S/C14H21FN2O3S/c1-3-4-10-16-14(18)9-11-17(21(2,19)20)13-7-5-12(15)6-8-13/h5-8H,3-4,9-11H2,1-2H3,(H,16,18). The SMILES string of the molecule is CCCCNC(=O)CCN(c1ccc(F)cc1)S(C)(=O)=O. The van der Waals surface area contributed by atoms with Crippen LogP contribution in [0.2, 0.25) is 0 Å². The highest BCUT2D eigenvalue weighted by molar-refractivity contribution is 7.92. The first-order valence-corrected chi connectivity index (χ1v) is 8.69. The number of amides is 1. The van der Waals surface area contributed by atoms with Gasteiger partial charge in [0, 0.05) is 19.5 Å². The summed E-state index contributed by atoms with van der Waals surface area (Å²) >= 11 is 0. The highest BCUT2D eigenvalue weighted by Crippen LogP contribution is 2.18. The zero-order valence-corrected chi connectivity index (χ0v) is 13.1. The Labute approximate surface area is 125 Å². The molecule has 0 saturated carbocycles. The minimum absolute atomic E-state index is 0.0302. The molecule has 0 radical (unpaired) electrons. The number of rotatable bonds is 8. The topological polar surface area (TPSA) is 66.5 Å². The van der Waals surface area contributed by atoms with Gasteiger partial charge >= 0.3 is 0 Å². The second kappa shape index (κ2) is 7.97. The summed E-state index contributed by atoms with van der Waals surface area (Å²) in [6.07, 6.45) is 2.99. The largest absolute Gasteiger partial charge is 0.356 e. The number of benzene rings is 1. The number of carbonyl (C=O) groups excluding carboxylic acids is 1. The number of nitrogens with zero attached hydrogens (tertiary/aromatic N) is 1. The normalized spacial score (nSPS) is 11.2. The Morgan fingerprint density at radius 3 is 2.43 bits per heavy atom. The average Bonchev–Trinajstić information content (AvgIpc) is 2.40. The van der Waals surface area contributed by atoms with Crippen molar-refractivity contribution in [3.8, 4) is 0 Å². The van der Waals surface area contributed by atoms with E-state index in [1.807, 2.05) is 6.92 Å². The van der Waals surface area contributed by atoms with Crippen molar-refractivity contribution in [1.29, 1.82) is 0 Å². The second-order valence-corrected chi connectivity index (χ2v) is 6.67. The monoisotopic (exact) mass is 316 g/mol. The van der Waals surface area contributed by atoms with Crippen LogP contribution in [0.1, 0.15) is 26.2 Å². The van der Waals surface area contributed by atoms with Crippen molar-refractivity contribution in [3.63, 3.8) is 0 Å². The van der Waals surface area contributed by atoms with Crippen molar-refractivity contribution in [2.45, 2.75) is 26.2 Å². The van der Waals surface area contributed by atoms with Crippen LogP contribution >= 0.6 is 0 Å². The van der Waals surface area contributed by atoms with Crippen molar-refractivity contribution in [1.82, 2.24) is 5.32 Å². The van der Waals surface area contributed by atoms with Crippen LogP contribution in [0.5, 0.6) is 0 Å². The predicted octanol–water partition coefficient (Wildman–Crippen LogP) is 1.90. The van der Waals surface area contributed by atoms with E-state index in [0.29, 0.717) is 12.2 Å². The lowest BCUT2D eigenvalue weighted by Crippen LogP contribution is -2.34. The van der Waals surface area contributed by atoms with Gasteiger partial charge in [0.1, 0.15) is 5.82 Å². The smallest absolute Gasteiger partial charge is 0.232 e. The lowest BCUT2D eigenvalue weighted by Gasteiger charge is -2.22. The van der Waals surface area contributed by atoms with Crippen LogP contribution in [0, 0.1) is 5.82 Å². The van der Waals surface area contributed by atoms with Gasteiger partial charge in [0.2, 0.25) is 15.9 Å². The van der Waals surface area contributed by atoms with Gasteiger partial charge in [-0.1, -0.05) is 13.3 Å². The first kappa shape index (κ1) is 17.4. The van der Waals surface area contributed by atoms with E-state index in [0.717, 1.165) is 23.4 Å². The molecule has 5 nitrogen and oxygen atoms in total. The number of hydrogen-bond donors (Lipinski definition) is 1. The summed E-state index contributed by atoms with van der Waals surface area (Å²) in [5.41, 5.74) is 0.347. The fraction of sp³-hybridized carbons (Fsp3) is 0.500. The molecule has 0 heterocycles. The molecule has 0 aliphatic carbocycles. The highest BCUT2D eigenvalue weighted by atomic mass is 32.2. The summed E-state index contributed by atoms with van der Waals surface area (Å²) in [6.45, 7) is 2.64. The van der Waals surface area contributed by atoms with E-state index >= 15 is 0 Å². The van der Waals surface area contributed by atoms with Crippen molar-refractivity contribution >= 4 is 21.6 Å². The van der Waals surface area contributed by atoms with Gasteiger partial charge in [-0.15, -0.1) is 0 Å². The average molecular weight is 316 g/mol. The minimum Gasteiger partial charge on any atom is -0.356 e. The maximum atomic E-state index is 12.9. The van der Waals surface area contributed by atoms with Gasteiger partial charge in [-0.05, 0) is 30.7 Å². The number of anilines is 1. The summed E-state index contributed by atoms with van der Waals surface area (Å²) in [4.78, 5) is 11.6. The first-order chi connectivity index (χ1) is 9.84. The molecule has 0 unspecified atom stereocenters. The maximum absolute atomic E-state index is 12.9. The Balaban J connectivity index is 2.68. The third-order valence-corrected chi connectivity index (χ3v) is 4.10. The number of sulfonamides is 1. The van der Waals surface area contributed by atoms with Crippen LogP contribution < -0.4 is 9.62 Å². The molecule has 0 atom stereocenters. The Kier molecular flexibility index (Phi) is 6.61. The fourth-order valence-corrected chi connectivity index (χ4v) is 2.72. The number of carbonyl (C=O) groups is 1. The van der Waals surface area contributed by atoms with Gasteiger partial charge in [0.25, 0.3) is 0 Å². The van der Waals surface area contributed by atoms with Crippen molar-refractivity contribution in [2.75, 3.05) is 23.7 Å². The Hall–Kier alpha value is -1.63. The Morgan fingerprint density at radius 1 is 1.29 bits per heavy atom. The van der Waals surface area contributed by atoms with Crippen LogP contribution in [-0.2, 0) is 14.8 Å². The van der Waals surface area contributed by atoms with Crippen molar-refractivity contribution in [2.24, 2.45) is 0 Å². The molecular weight excluding hydrogens is 295 g/mol. The van der Waals surface area contributed by atoms with Crippen molar-refractivity contribution < 1.29 is 17.6 Å². The number of hydrogen-bond acceptors (Lipinski definition) is 3. The molecule has 0 saturated heterocycles. The highest BCUT2D eigenvalue weighted by Gasteiger charge is 2.18. The third-order valence-electron chi connectivity index (χ3n) is 2.91. The van der Waals surface area contributed by atoms with Crippen LogP contribution in [0.25, 0.3) is 0 Å². The molecule has 1 rings (SSSR count). The van der Waals surface area contributed by atoms with E-state index in [4.69, 9.17) is 0 Å². The zero-order valence-electron chi connectivity index (χ0n) is 12.3. The van der Waals surface area contributed by atoms with Gasteiger partial charge in [-0.2, -0.15) is 0 Å². The second-order valence-electron chi connectivity index (χ2n) is 4.77. The van der Waals surface area contributed by atoms with Gasteiger partial charge in [-0.25, -0.2) is 12.8 Å². The Morgan fingerprint density at radius 2 is 1.90 bits per heavy atom. The van der Waals surface area contributed by atoms with Gasteiger partial charge in [0.05, 0.1) is 11.9 Å².